The van der Waals surface area contributed by atoms with Gasteiger partial charge in [0.1, 0.15) is 5.65 Å². The van der Waals surface area contributed by atoms with E-state index in [1.54, 1.807) is 0 Å². The van der Waals surface area contributed by atoms with Crippen LogP contribution in [0.2, 0.25) is 0 Å². The Morgan fingerprint density at radius 2 is 1.93 bits per heavy atom. The molecule has 0 aliphatic rings. The van der Waals surface area contributed by atoms with E-state index in [1.165, 1.54) is 10.9 Å². The molecule has 2 aromatic rings. The molecule has 0 atom stereocenters. The number of pyridine rings is 1. The SMILES string of the molecule is CC.CC.CCc1cnc2[nH]ccc2c1.[HH]. The summed E-state index contributed by atoms with van der Waals surface area (Å²) in [5.74, 6) is 0. The molecule has 2 rings (SSSR count). The van der Waals surface area contributed by atoms with Gasteiger partial charge in [0.2, 0.25) is 0 Å². The quantitative estimate of drug-likeness (QED) is 0.738. The van der Waals surface area contributed by atoms with E-state index in [0.29, 0.717) is 0 Å². The zero-order valence-corrected chi connectivity index (χ0v) is 10.5. The number of hydrogen-bond donors (Lipinski definition) is 1. The minimum absolute atomic E-state index is 0. The van der Waals surface area contributed by atoms with Gasteiger partial charge < -0.3 is 4.98 Å². The molecule has 1 N–H and O–H groups in total. The fraction of sp³-hybridized carbons (Fsp3) is 0.462. The van der Waals surface area contributed by atoms with Crippen LogP contribution in [-0.4, -0.2) is 9.97 Å². The van der Waals surface area contributed by atoms with Gasteiger partial charge in [0.25, 0.3) is 0 Å². The van der Waals surface area contributed by atoms with E-state index < -0.39 is 0 Å². The van der Waals surface area contributed by atoms with Crippen LogP contribution in [0.15, 0.2) is 24.5 Å². The maximum Gasteiger partial charge on any atom is 0.137 e. The number of aryl methyl sites for hydroxylation is 1. The molecule has 0 aromatic carbocycles. The highest BCUT2D eigenvalue weighted by Gasteiger charge is 1.95. The van der Waals surface area contributed by atoms with Crippen molar-refractivity contribution < 1.29 is 1.43 Å². The molecule has 0 spiro atoms. The standard InChI is InChI=1S/C9H10N2.2C2H6.H2/c1-2-7-5-8-3-4-10-9(8)11-6-7;2*1-2;/h3-6H,2H2,1H3,(H,10,11);2*1-2H3;1H. The van der Waals surface area contributed by atoms with Gasteiger partial charge in [-0.3, -0.25) is 0 Å². The van der Waals surface area contributed by atoms with E-state index in [-0.39, 0.29) is 1.43 Å². The van der Waals surface area contributed by atoms with Crippen molar-refractivity contribution >= 4 is 11.0 Å². The Labute approximate surface area is 94.2 Å². The van der Waals surface area contributed by atoms with Crippen molar-refractivity contribution in [2.75, 3.05) is 0 Å². The first-order valence-electron chi connectivity index (χ1n) is 5.82. The highest BCUT2D eigenvalue weighted by molar-refractivity contribution is 5.75. The maximum absolute atomic E-state index is 4.26. The van der Waals surface area contributed by atoms with Crippen molar-refractivity contribution in [2.45, 2.75) is 41.0 Å². The number of nitrogens with one attached hydrogen (secondary N) is 1. The monoisotopic (exact) mass is 208 g/mol. The molecule has 2 aromatic heterocycles. The lowest BCUT2D eigenvalue weighted by Gasteiger charge is -1.93. The number of rotatable bonds is 1. The molecular formula is C13H24N2. The zero-order chi connectivity index (χ0) is 11.7. The summed E-state index contributed by atoms with van der Waals surface area (Å²) < 4.78 is 0. The first kappa shape index (κ1) is 13.7. The molecule has 86 valence electrons. The number of nitrogens with zero attached hydrogens (tertiary/aromatic N) is 1. The average Bonchev–Trinajstić information content (AvgIpc) is 2.81. The molecule has 15 heavy (non-hydrogen) atoms. The van der Waals surface area contributed by atoms with E-state index in [2.05, 4.69) is 23.0 Å². The highest BCUT2D eigenvalue weighted by Crippen LogP contribution is 2.10. The van der Waals surface area contributed by atoms with E-state index in [0.717, 1.165) is 12.1 Å². The zero-order valence-electron chi connectivity index (χ0n) is 10.5. The fourth-order valence-corrected chi connectivity index (χ4v) is 1.18. The minimum atomic E-state index is 0. The molecule has 2 nitrogen and oxygen atoms in total. The second-order valence-electron chi connectivity index (χ2n) is 2.61. The summed E-state index contributed by atoms with van der Waals surface area (Å²) in [5, 5.41) is 1.20. The van der Waals surface area contributed by atoms with Crippen molar-refractivity contribution in [1.82, 2.24) is 9.97 Å². The molecule has 0 aliphatic carbocycles. The van der Waals surface area contributed by atoms with Crippen LogP contribution in [0.5, 0.6) is 0 Å². The lowest BCUT2D eigenvalue weighted by molar-refractivity contribution is 1.12. The van der Waals surface area contributed by atoms with Crippen LogP contribution in [0.4, 0.5) is 0 Å². The van der Waals surface area contributed by atoms with E-state index >= 15 is 0 Å². The van der Waals surface area contributed by atoms with Gasteiger partial charge in [0.05, 0.1) is 0 Å². The molecule has 0 aliphatic heterocycles. The molecule has 2 heteroatoms. The molecule has 2 heterocycles. The van der Waals surface area contributed by atoms with Crippen LogP contribution in [-0.2, 0) is 6.42 Å². The van der Waals surface area contributed by atoms with Crippen LogP contribution in [0.3, 0.4) is 0 Å². The molecule has 0 saturated heterocycles. The Kier molecular flexibility index (Phi) is 7.33. The lowest BCUT2D eigenvalue weighted by Crippen LogP contribution is -1.82. The van der Waals surface area contributed by atoms with Crippen LogP contribution >= 0.6 is 0 Å². The Morgan fingerprint density at radius 1 is 1.27 bits per heavy atom. The second-order valence-corrected chi connectivity index (χ2v) is 2.61. The van der Waals surface area contributed by atoms with Gasteiger partial charge in [-0.15, -0.1) is 0 Å². The summed E-state index contributed by atoms with van der Waals surface area (Å²) in [6.45, 7) is 10.1. The lowest BCUT2D eigenvalue weighted by atomic mass is 10.2. The topological polar surface area (TPSA) is 28.7 Å². The third-order valence-electron chi connectivity index (χ3n) is 1.86. The van der Waals surface area contributed by atoms with Crippen LogP contribution < -0.4 is 0 Å². The number of fused-ring (bicyclic) bond motifs is 1. The number of aromatic amines is 1. The molecule has 0 amide bonds. The van der Waals surface area contributed by atoms with Gasteiger partial charge in [0, 0.05) is 19.2 Å². The molecule has 0 fully saturated rings. The fourth-order valence-electron chi connectivity index (χ4n) is 1.18. The van der Waals surface area contributed by atoms with Gasteiger partial charge in [-0.05, 0) is 24.1 Å². The van der Waals surface area contributed by atoms with E-state index in [9.17, 15) is 0 Å². The average molecular weight is 208 g/mol. The maximum atomic E-state index is 4.26. The normalized spacial score (nSPS) is 8.60. The Morgan fingerprint density at radius 3 is 2.53 bits per heavy atom. The summed E-state index contributed by atoms with van der Waals surface area (Å²) >= 11 is 0. The summed E-state index contributed by atoms with van der Waals surface area (Å²) in [7, 11) is 0. The summed E-state index contributed by atoms with van der Waals surface area (Å²) in [6.07, 6.45) is 4.88. The molecule has 0 unspecified atom stereocenters. The van der Waals surface area contributed by atoms with Crippen molar-refractivity contribution in [3.05, 3.63) is 30.1 Å². The summed E-state index contributed by atoms with van der Waals surface area (Å²) in [6, 6.07) is 4.21. The number of hydrogen-bond acceptors (Lipinski definition) is 1. The minimum Gasteiger partial charge on any atom is -0.346 e. The molecule has 0 bridgehead atoms. The molecule has 0 radical (unpaired) electrons. The van der Waals surface area contributed by atoms with Gasteiger partial charge >= 0.3 is 0 Å². The number of H-pyrrole nitrogens is 1. The van der Waals surface area contributed by atoms with Crippen LogP contribution in [0, 0.1) is 0 Å². The van der Waals surface area contributed by atoms with E-state index in [1.807, 2.05) is 46.2 Å². The van der Waals surface area contributed by atoms with Crippen molar-refractivity contribution in [1.29, 1.82) is 0 Å². The first-order chi connectivity index (χ1) is 7.40. The van der Waals surface area contributed by atoms with Crippen molar-refractivity contribution in [3.8, 4) is 0 Å². The van der Waals surface area contributed by atoms with Crippen molar-refractivity contribution in [2.24, 2.45) is 0 Å². The van der Waals surface area contributed by atoms with Gasteiger partial charge in [-0.2, -0.15) is 0 Å². The van der Waals surface area contributed by atoms with Crippen LogP contribution in [0.25, 0.3) is 11.0 Å². The van der Waals surface area contributed by atoms with Crippen LogP contribution in [0.1, 0.15) is 41.6 Å². The Hall–Kier alpha value is -1.31. The Balaban J connectivity index is 0. The largest absolute Gasteiger partial charge is 0.346 e. The Bertz CT molecular complexity index is 369. The number of aromatic nitrogens is 2. The van der Waals surface area contributed by atoms with Gasteiger partial charge in [-0.25, -0.2) is 4.98 Å². The summed E-state index contributed by atoms with van der Waals surface area (Å²) in [4.78, 5) is 7.32. The molecular weight excluding hydrogens is 184 g/mol. The predicted molar refractivity (Wildman–Crippen MR) is 70.3 cm³/mol. The van der Waals surface area contributed by atoms with Gasteiger partial charge in [-0.1, -0.05) is 34.6 Å². The summed E-state index contributed by atoms with van der Waals surface area (Å²) in [5.41, 5.74) is 2.26. The van der Waals surface area contributed by atoms with E-state index in [4.69, 9.17) is 0 Å². The predicted octanol–water partition coefficient (Wildman–Crippen LogP) is 4.42. The van der Waals surface area contributed by atoms with Gasteiger partial charge in [0.15, 0.2) is 0 Å². The smallest absolute Gasteiger partial charge is 0.137 e. The first-order valence-corrected chi connectivity index (χ1v) is 5.82. The molecule has 0 saturated carbocycles. The van der Waals surface area contributed by atoms with Crippen molar-refractivity contribution in [3.63, 3.8) is 0 Å². The highest BCUT2D eigenvalue weighted by atomic mass is 14.8. The third kappa shape index (κ3) is 3.74. The second kappa shape index (κ2) is 8.04. The third-order valence-corrected chi connectivity index (χ3v) is 1.86.